The van der Waals surface area contributed by atoms with Crippen molar-refractivity contribution in [1.82, 2.24) is 4.98 Å². The Morgan fingerprint density at radius 3 is 2.06 bits per heavy atom. The first-order chi connectivity index (χ1) is 15.2. The number of ether oxygens (including phenoxy) is 2. The summed E-state index contributed by atoms with van der Waals surface area (Å²) in [5, 5.41) is 1.98. The van der Waals surface area contributed by atoms with E-state index in [1.165, 1.54) is 5.56 Å². The van der Waals surface area contributed by atoms with Gasteiger partial charge in [0.2, 0.25) is 0 Å². The highest BCUT2D eigenvalue weighted by Crippen LogP contribution is 2.35. The minimum Gasteiger partial charge on any atom is -0.493 e. The molecule has 1 aromatic heterocycles. The number of amidine groups is 1. The van der Waals surface area contributed by atoms with E-state index >= 15 is 0 Å². The molecular formula is C26H26ClN3O2. The van der Waals surface area contributed by atoms with Gasteiger partial charge >= 0.3 is 0 Å². The Labute approximate surface area is 194 Å². The lowest BCUT2D eigenvalue weighted by Gasteiger charge is -2.13. The van der Waals surface area contributed by atoms with E-state index in [0.717, 1.165) is 22.0 Å². The van der Waals surface area contributed by atoms with Crippen molar-refractivity contribution in [1.29, 1.82) is 0 Å². The monoisotopic (exact) mass is 447 g/mol. The van der Waals surface area contributed by atoms with Crippen LogP contribution >= 0.6 is 12.4 Å². The van der Waals surface area contributed by atoms with Crippen LogP contribution in [0.2, 0.25) is 0 Å². The fourth-order valence-corrected chi connectivity index (χ4v) is 3.61. The lowest BCUT2D eigenvalue weighted by Crippen LogP contribution is -2.14. The Hall–Kier alpha value is -3.57. The maximum absolute atomic E-state index is 6.25. The second-order valence-electron chi connectivity index (χ2n) is 7.28. The molecule has 0 atom stereocenters. The molecule has 0 aliphatic heterocycles. The van der Waals surface area contributed by atoms with Crippen molar-refractivity contribution in [3.05, 3.63) is 95.7 Å². The zero-order valence-electron chi connectivity index (χ0n) is 18.1. The third-order valence-corrected chi connectivity index (χ3v) is 5.10. The van der Waals surface area contributed by atoms with E-state index in [1.807, 2.05) is 66.7 Å². The van der Waals surface area contributed by atoms with E-state index in [0.29, 0.717) is 36.0 Å². The second kappa shape index (κ2) is 10.6. The van der Waals surface area contributed by atoms with Crippen LogP contribution in [-0.4, -0.2) is 25.0 Å². The molecule has 3 aromatic carbocycles. The van der Waals surface area contributed by atoms with Crippen molar-refractivity contribution >= 4 is 34.8 Å². The molecule has 0 saturated carbocycles. The van der Waals surface area contributed by atoms with Gasteiger partial charge in [-0.25, -0.2) is 9.98 Å². The summed E-state index contributed by atoms with van der Waals surface area (Å²) < 4.78 is 11.0. The van der Waals surface area contributed by atoms with Crippen molar-refractivity contribution < 1.29 is 9.47 Å². The number of halogens is 1. The molecule has 0 fully saturated rings. The normalized spacial score (nSPS) is 11.1. The van der Waals surface area contributed by atoms with E-state index in [4.69, 9.17) is 20.2 Å². The van der Waals surface area contributed by atoms with Gasteiger partial charge in [0.15, 0.2) is 17.3 Å². The first kappa shape index (κ1) is 23.1. The molecule has 32 heavy (non-hydrogen) atoms. The van der Waals surface area contributed by atoms with E-state index in [9.17, 15) is 0 Å². The predicted octanol–water partition coefficient (Wildman–Crippen LogP) is 5.50. The lowest BCUT2D eigenvalue weighted by molar-refractivity contribution is 0.356. The van der Waals surface area contributed by atoms with Gasteiger partial charge in [0.25, 0.3) is 0 Å². The lowest BCUT2D eigenvalue weighted by atomic mass is 10.0. The van der Waals surface area contributed by atoms with Gasteiger partial charge < -0.3 is 15.2 Å². The number of nitrogens with two attached hydrogens (primary N) is 1. The van der Waals surface area contributed by atoms with Crippen LogP contribution in [0, 0.1) is 0 Å². The number of hydrogen-bond donors (Lipinski definition) is 1. The summed E-state index contributed by atoms with van der Waals surface area (Å²) in [5.74, 6) is 2.44. The van der Waals surface area contributed by atoms with Gasteiger partial charge in [0.05, 0.1) is 19.9 Å². The molecule has 4 aromatic rings. The number of rotatable bonds is 7. The van der Waals surface area contributed by atoms with Gasteiger partial charge in [-0.15, -0.1) is 12.4 Å². The molecule has 0 aliphatic carbocycles. The molecule has 0 unspecified atom stereocenters. The average molecular weight is 448 g/mol. The SMILES string of the molecule is COc1cc2cc(/N=C(\N)Cc3ccccc3)nc(Cc3ccccc3)c2cc1OC.Cl. The number of aliphatic imine (C=N–C) groups is 1. The van der Waals surface area contributed by atoms with Gasteiger partial charge in [-0.1, -0.05) is 60.7 Å². The second-order valence-corrected chi connectivity index (χ2v) is 7.28. The number of hydrogen-bond acceptors (Lipinski definition) is 4. The van der Waals surface area contributed by atoms with Gasteiger partial charge in [-0.2, -0.15) is 0 Å². The third-order valence-electron chi connectivity index (χ3n) is 5.10. The number of nitrogens with zero attached hydrogens (tertiary/aromatic N) is 2. The van der Waals surface area contributed by atoms with Crippen molar-refractivity contribution in [2.45, 2.75) is 12.8 Å². The Bertz CT molecular complexity index is 1210. The molecule has 0 radical (unpaired) electrons. The minimum absolute atomic E-state index is 0. The molecule has 0 amide bonds. The summed E-state index contributed by atoms with van der Waals surface area (Å²) in [5.41, 5.74) is 9.45. The molecule has 6 heteroatoms. The smallest absolute Gasteiger partial charge is 0.161 e. The summed E-state index contributed by atoms with van der Waals surface area (Å²) in [6.45, 7) is 0. The summed E-state index contributed by atoms with van der Waals surface area (Å²) in [6.07, 6.45) is 1.25. The van der Waals surface area contributed by atoms with Crippen LogP contribution in [0.5, 0.6) is 11.5 Å². The maximum Gasteiger partial charge on any atom is 0.161 e. The summed E-state index contributed by atoms with van der Waals surface area (Å²) >= 11 is 0. The molecule has 2 N–H and O–H groups in total. The van der Waals surface area contributed by atoms with Crippen LogP contribution in [0.4, 0.5) is 5.82 Å². The van der Waals surface area contributed by atoms with Crippen molar-refractivity contribution in [3.63, 3.8) is 0 Å². The van der Waals surface area contributed by atoms with Gasteiger partial charge in [-0.3, -0.25) is 0 Å². The number of fused-ring (bicyclic) bond motifs is 1. The highest BCUT2D eigenvalue weighted by atomic mass is 35.5. The molecule has 0 aliphatic rings. The molecular weight excluding hydrogens is 422 g/mol. The van der Waals surface area contributed by atoms with Gasteiger partial charge in [0, 0.05) is 18.2 Å². The highest BCUT2D eigenvalue weighted by molar-refractivity contribution is 5.91. The van der Waals surface area contributed by atoms with Crippen LogP contribution in [0.3, 0.4) is 0 Å². The van der Waals surface area contributed by atoms with Gasteiger partial charge in [0.1, 0.15) is 5.84 Å². The van der Waals surface area contributed by atoms with E-state index < -0.39 is 0 Å². The molecule has 164 valence electrons. The number of methoxy groups -OCH3 is 2. The summed E-state index contributed by atoms with van der Waals surface area (Å²) in [7, 11) is 3.27. The van der Waals surface area contributed by atoms with Gasteiger partial charge in [-0.05, 0) is 34.7 Å². The van der Waals surface area contributed by atoms with Crippen LogP contribution in [0.25, 0.3) is 10.8 Å². The summed E-state index contributed by atoms with van der Waals surface area (Å²) in [4.78, 5) is 9.46. The zero-order valence-corrected chi connectivity index (χ0v) is 18.9. The number of pyridine rings is 1. The maximum atomic E-state index is 6.25. The Balaban J connectivity index is 0.00000289. The number of benzene rings is 3. The van der Waals surface area contributed by atoms with Crippen LogP contribution in [0.15, 0.2) is 83.9 Å². The average Bonchev–Trinajstić information content (AvgIpc) is 2.79. The van der Waals surface area contributed by atoms with Crippen LogP contribution < -0.4 is 15.2 Å². The van der Waals surface area contributed by atoms with E-state index in [1.54, 1.807) is 14.2 Å². The fraction of sp³-hybridized carbons (Fsp3) is 0.154. The molecule has 0 bridgehead atoms. The summed E-state index contributed by atoms with van der Waals surface area (Å²) in [6, 6.07) is 26.2. The molecule has 0 spiro atoms. The molecule has 0 saturated heterocycles. The Morgan fingerprint density at radius 2 is 1.44 bits per heavy atom. The first-order valence-corrected chi connectivity index (χ1v) is 10.1. The zero-order chi connectivity index (χ0) is 21.6. The third kappa shape index (κ3) is 5.37. The highest BCUT2D eigenvalue weighted by Gasteiger charge is 2.13. The molecule has 5 nitrogen and oxygen atoms in total. The topological polar surface area (TPSA) is 69.7 Å². The quantitative estimate of drug-likeness (QED) is 0.300. The number of aromatic nitrogens is 1. The largest absolute Gasteiger partial charge is 0.493 e. The molecule has 1 heterocycles. The standard InChI is InChI=1S/C26H25N3O2.ClH/c1-30-23-15-20-16-26(29-25(27)14-19-11-7-4-8-12-19)28-22(21(20)17-24(23)31-2)13-18-9-5-3-6-10-18;/h3-12,15-17H,13-14H2,1-2H3,(H2,27,28,29);1H. The van der Waals surface area contributed by atoms with E-state index in [2.05, 4.69) is 17.1 Å². The fourth-order valence-electron chi connectivity index (χ4n) is 3.61. The predicted molar refractivity (Wildman–Crippen MR) is 133 cm³/mol. The Kier molecular flexibility index (Phi) is 7.68. The van der Waals surface area contributed by atoms with Crippen molar-refractivity contribution in [2.24, 2.45) is 10.7 Å². The first-order valence-electron chi connectivity index (χ1n) is 10.1. The van der Waals surface area contributed by atoms with Crippen LogP contribution in [-0.2, 0) is 12.8 Å². The molecule has 4 rings (SSSR count). The van der Waals surface area contributed by atoms with Crippen molar-refractivity contribution in [2.75, 3.05) is 14.2 Å². The van der Waals surface area contributed by atoms with E-state index in [-0.39, 0.29) is 12.4 Å². The van der Waals surface area contributed by atoms with Crippen LogP contribution in [0.1, 0.15) is 16.8 Å². The Morgan fingerprint density at radius 1 is 0.844 bits per heavy atom. The van der Waals surface area contributed by atoms with Crippen molar-refractivity contribution in [3.8, 4) is 11.5 Å². The minimum atomic E-state index is 0.